The van der Waals surface area contributed by atoms with Crippen LogP contribution < -0.4 is 10.2 Å². The molecule has 0 spiro atoms. The van der Waals surface area contributed by atoms with E-state index in [0.717, 1.165) is 40.9 Å². The van der Waals surface area contributed by atoms with Crippen LogP contribution in [0.25, 0.3) is 0 Å². The normalized spacial score (nSPS) is 14.2. The van der Waals surface area contributed by atoms with Crippen LogP contribution in [0.15, 0.2) is 36.0 Å². The Balaban J connectivity index is 1.36. The van der Waals surface area contributed by atoms with Crippen LogP contribution in [0.5, 0.6) is 0 Å². The summed E-state index contributed by atoms with van der Waals surface area (Å²) in [5.41, 5.74) is 3.65. The van der Waals surface area contributed by atoms with Crippen LogP contribution in [-0.2, 0) is 0 Å². The van der Waals surface area contributed by atoms with Crippen LogP contribution in [-0.4, -0.2) is 57.2 Å². The maximum Gasteiger partial charge on any atom is 0.265 e. The van der Waals surface area contributed by atoms with E-state index in [4.69, 9.17) is 0 Å². The van der Waals surface area contributed by atoms with E-state index >= 15 is 0 Å². The first kappa shape index (κ1) is 18.3. The molecule has 1 fully saturated rings. The average Bonchev–Trinajstić information content (AvgIpc) is 3.14. The fraction of sp³-hybridized carbons (Fsp3) is 0.316. The van der Waals surface area contributed by atoms with Gasteiger partial charge in [-0.3, -0.25) is 4.79 Å². The van der Waals surface area contributed by atoms with Crippen molar-refractivity contribution in [2.45, 2.75) is 13.8 Å². The van der Waals surface area contributed by atoms with Crippen molar-refractivity contribution in [2.24, 2.45) is 0 Å². The van der Waals surface area contributed by atoms with Gasteiger partial charge in [-0.1, -0.05) is 0 Å². The lowest BCUT2D eigenvalue weighted by molar-refractivity contribution is 0.0750. The second-order valence-electron chi connectivity index (χ2n) is 6.67. The molecule has 0 atom stereocenters. The summed E-state index contributed by atoms with van der Waals surface area (Å²) in [4.78, 5) is 25.8. The summed E-state index contributed by atoms with van der Waals surface area (Å²) in [7, 11) is 0. The number of pyridine rings is 1. The predicted octanol–water partition coefficient (Wildman–Crippen LogP) is 2.65. The van der Waals surface area contributed by atoms with E-state index in [9.17, 15) is 4.79 Å². The Morgan fingerprint density at radius 3 is 2.50 bits per heavy atom. The van der Waals surface area contributed by atoms with Gasteiger partial charge in [-0.05, 0) is 43.7 Å². The van der Waals surface area contributed by atoms with Gasteiger partial charge < -0.3 is 15.1 Å². The van der Waals surface area contributed by atoms with Crippen molar-refractivity contribution < 1.29 is 4.79 Å². The SMILES string of the molecule is Cc1ccnc(Nc2ccc(N3CCN(C(=O)c4scnc4C)CC3)nn2)c1. The molecule has 1 aliphatic rings. The minimum Gasteiger partial charge on any atom is -0.352 e. The van der Waals surface area contributed by atoms with Gasteiger partial charge in [0.15, 0.2) is 11.6 Å². The first-order valence-corrected chi connectivity index (χ1v) is 9.96. The summed E-state index contributed by atoms with van der Waals surface area (Å²) >= 11 is 1.40. The smallest absolute Gasteiger partial charge is 0.265 e. The number of piperazine rings is 1. The highest BCUT2D eigenvalue weighted by Crippen LogP contribution is 2.19. The van der Waals surface area contributed by atoms with Crippen LogP contribution >= 0.6 is 11.3 Å². The van der Waals surface area contributed by atoms with Crippen molar-refractivity contribution in [3.63, 3.8) is 0 Å². The number of carbonyl (C=O) groups excluding carboxylic acids is 1. The van der Waals surface area contributed by atoms with Gasteiger partial charge in [-0.2, -0.15) is 0 Å². The number of hydrogen-bond donors (Lipinski definition) is 1. The lowest BCUT2D eigenvalue weighted by atomic mass is 10.2. The van der Waals surface area contributed by atoms with Crippen LogP contribution in [0, 0.1) is 13.8 Å². The molecule has 0 radical (unpaired) electrons. The summed E-state index contributed by atoms with van der Waals surface area (Å²) in [6.45, 7) is 6.66. The molecule has 0 aromatic carbocycles. The molecule has 3 aromatic heterocycles. The predicted molar refractivity (Wildman–Crippen MR) is 109 cm³/mol. The molecule has 0 aliphatic carbocycles. The summed E-state index contributed by atoms with van der Waals surface area (Å²) in [5.74, 6) is 2.27. The van der Waals surface area contributed by atoms with E-state index in [2.05, 4.69) is 30.4 Å². The van der Waals surface area contributed by atoms with Crippen LogP contribution in [0.2, 0.25) is 0 Å². The van der Waals surface area contributed by atoms with Gasteiger partial charge in [-0.15, -0.1) is 21.5 Å². The molecule has 28 heavy (non-hydrogen) atoms. The molecule has 0 unspecified atom stereocenters. The molecular weight excluding hydrogens is 374 g/mol. The van der Waals surface area contributed by atoms with Crippen molar-refractivity contribution >= 4 is 34.7 Å². The minimum atomic E-state index is 0.0657. The second kappa shape index (κ2) is 7.89. The Hall–Kier alpha value is -3.07. The number of nitrogens with zero attached hydrogens (tertiary/aromatic N) is 6. The number of hydrogen-bond acceptors (Lipinski definition) is 8. The molecular formula is C19H21N7OS. The molecule has 1 aliphatic heterocycles. The summed E-state index contributed by atoms with van der Waals surface area (Å²) < 4.78 is 0. The third kappa shape index (κ3) is 3.94. The van der Waals surface area contributed by atoms with Crippen molar-refractivity contribution in [1.29, 1.82) is 0 Å². The minimum absolute atomic E-state index is 0.0657. The molecule has 144 valence electrons. The topological polar surface area (TPSA) is 87.1 Å². The molecule has 1 N–H and O–H groups in total. The largest absolute Gasteiger partial charge is 0.352 e. The number of aryl methyl sites for hydroxylation is 2. The molecule has 1 saturated heterocycles. The summed E-state index contributed by atoms with van der Waals surface area (Å²) in [6, 6.07) is 7.73. The van der Waals surface area contributed by atoms with E-state index in [0.29, 0.717) is 18.9 Å². The van der Waals surface area contributed by atoms with Crippen molar-refractivity contribution in [2.75, 3.05) is 36.4 Å². The van der Waals surface area contributed by atoms with Crippen LogP contribution in [0.4, 0.5) is 17.5 Å². The summed E-state index contributed by atoms with van der Waals surface area (Å²) in [6.07, 6.45) is 1.76. The second-order valence-corrected chi connectivity index (χ2v) is 7.52. The average molecular weight is 395 g/mol. The first-order valence-electron chi connectivity index (χ1n) is 9.08. The number of amides is 1. The van der Waals surface area contributed by atoms with E-state index in [1.165, 1.54) is 11.3 Å². The molecule has 4 rings (SSSR count). The van der Waals surface area contributed by atoms with E-state index in [-0.39, 0.29) is 5.91 Å². The Morgan fingerprint density at radius 2 is 1.86 bits per heavy atom. The molecule has 1 amide bonds. The zero-order valence-electron chi connectivity index (χ0n) is 15.8. The Morgan fingerprint density at radius 1 is 1.04 bits per heavy atom. The molecule has 8 nitrogen and oxygen atoms in total. The third-order valence-electron chi connectivity index (χ3n) is 4.65. The van der Waals surface area contributed by atoms with Gasteiger partial charge in [0.25, 0.3) is 5.91 Å². The zero-order chi connectivity index (χ0) is 19.5. The lowest BCUT2D eigenvalue weighted by Crippen LogP contribution is -2.49. The Bertz CT molecular complexity index is 964. The highest BCUT2D eigenvalue weighted by atomic mass is 32.1. The standard InChI is InChI=1S/C19H21N7OS/c1-13-5-6-20-16(11-13)22-15-3-4-17(24-23-15)25-7-9-26(10-8-25)19(27)18-14(2)21-12-28-18/h3-6,11-12H,7-10H2,1-2H3,(H,20,22,23). The van der Waals surface area contributed by atoms with Gasteiger partial charge in [0.2, 0.25) is 0 Å². The molecule has 4 heterocycles. The zero-order valence-corrected chi connectivity index (χ0v) is 16.6. The fourth-order valence-corrected chi connectivity index (χ4v) is 3.86. The van der Waals surface area contributed by atoms with Crippen molar-refractivity contribution in [3.8, 4) is 0 Å². The molecule has 3 aromatic rings. The van der Waals surface area contributed by atoms with Gasteiger partial charge in [-0.25, -0.2) is 9.97 Å². The van der Waals surface area contributed by atoms with Gasteiger partial charge in [0, 0.05) is 32.4 Å². The first-order chi connectivity index (χ1) is 13.6. The van der Waals surface area contributed by atoms with E-state index < -0.39 is 0 Å². The number of nitrogens with one attached hydrogen (secondary N) is 1. The van der Waals surface area contributed by atoms with E-state index in [1.807, 2.05) is 43.0 Å². The van der Waals surface area contributed by atoms with Crippen LogP contribution in [0.1, 0.15) is 20.9 Å². The molecule has 0 saturated carbocycles. The number of anilines is 3. The summed E-state index contributed by atoms with van der Waals surface area (Å²) in [5, 5.41) is 11.7. The number of carbonyl (C=O) groups is 1. The van der Waals surface area contributed by atoms with E-state index in [1.54, 1.807) is 11.7 Å². The van der Waals surface area contributed by atoms with Gasteiger partial charge in [0.1, 0.15) is 10.7 Å². The van der Waals surface area contributed by atoms with Gasteiger partial charge in [0.05, 0.1) is 11.2 Å². The maximum absolute atomic E-state index is 12.6. The molecule has 9 heteroatoms. The number of rotatable bonds is 4. The number of aromatic nitrogens is 4. The van der Waals surface area contributed by atoms with Crippen LogP contribution in [0.3, 0.4) is 0 Å². The van der Waals surface area contributed by atoms with Gasteiger partial charge >= 0.3 is 0 Å². The van der Waals surface area contributed by atoms with Crippen molar-refractivity contribution in [3.05, 3.63) is 52.1 Å². The highest BCUT2D eigenvalue weighted by Gasteiger charge is 2.25. The molecule has 0 bridgehead atoms. The fourth-order valence-electron chi connectivity index (χ4n) is 3.09. The Labute approximate surface area is 167 Å². The monoisotopic (exact) mass is 395 g/mol. The Kier molecular flexibility index (Phi) is 5.16. The lowest BCUT2D eigenvalue weighted by Gasteiger charge is -2.35. The van der Waals surface area contributed by atoms with Crippen molar-refractivity contribution in [1.82, 2.24) is 25.1 Å². The highest BCUT2D eigenvalue weighted by molar-refractivity contribution is 7.11. The quantitative estimate of drug-likeness (QED) is 0.727. The third-order valence-corrected chi connectivity index (χ3v) is 5.57. The maximum atomic E-state index is 12.6. The number of thiazole rings is 1.